The van der Waals surface area contributed by atoms with Crippen LogP contribution in [0.3, 0.4) is 0 Å². The molecule has 1 heterocycles. The average Bonchev–Trinajstić information content (AvgIpc) is 2.38. The van der Waals surface area contributed by atoms with E-state index in [0.717, 1.165) is 25.9 Å². The van der Waals surface area contributed by atoms with E-state index in [9.17, 15) is 5.11 Å². The van der Waals surface area contributed by atoms with E-state index >= 15 is 0 Å². The van der Waals surface area contributed by atoms with Crippen LogP contribution in [0.15, 0.2) is 0 Å². The van der Waals surface area contributed by atoms with Crippen LogP contribution in [0.2, 0.25) is 0 Å². The van der Waals surface area contributed by atoms with Crippen molar-refractivity contribution in [3.05, 3.63) is 0 Å². The molecule has 1 aliphatic carbocycles. The average molecular weight is 269 g/mol. The normalized spacial score (nSPS) is 28.7. The Balaban J connectivity index is 1.86. The van der Waals surface area contributed by atoms with Gasteiger partial charge in [0.05, 0.1) is 12.2 Å². The van der Waals surface area contributed by atoms with Gasteiger partial charge in [-0.1, -0.05) is 33.1 Å². The zero-order valence-corrected chi connectivity index (χ0v) is 12.7. The maximum absolute atomic E-state index is 9.51. The highest BCUT2D eigenvalue weighted by atomic mass is 16.5. The summed E-state index contributed by atoms with van der Waals surface area (Å²) in [4.78, 5) is 0. The van der Waals surface area contributed by atoms with Crippen molar-refractivity contribution in [2.75, 3.05) is 13.2 Å². The summed E-state index contributed by atoms with van der Waals surface area (Å²) < 4.78 is 6.13. The van der Waals surface area contributed by atoms with Crippen molar-refractivity contribution < 1.29 is 9.84 Å². The molecule has 0 aromatic carbocycles. The van der Waals surface area contributed by atoms with Crippen molar-refractivity contribution in [2.45, 2.75) is 82.9 Å². The number of hydrogen-bond donors (Lipinski definition) is 2. The predicted molar refractivity (Wildman–Crippen MR) is 78.3 cm³/mol. The Hall–Kier alpha value is -0.120. The molecule has 1 aliphatic heterocycles. The van der Waals surface area contributed by atoms with Gasteiger partial charge < -0.3 is 15.2 Å². The van der Waals surface area contributed by atoms with E-state index in [2.05, 4.69) is 19.2 Å². The molecule has 0 aromatic rings. The molecular weight excluding hydrogens is 238 g/mol. The third kappa shape index (κ3) is 4.44. The summed E-state index contributed by atoms with van der Waals surface area (Å²) in [7, 11) is 0. The zero-order chi connectivity index (χ0) is 13.7. The quantitative estimate of drug-likeness (QED) is 0.806. The smallest absolute Gasteiger partial charge is 0.0697 e. The van der Waals surface area contributed by atoms with Crippen molar-refractivity contribution in [3.8, 4) is 0 Å². The van der Waals surface area contributed by atoms with Crippen LogP contribution in [0.5, 0.6) is 0 Å². The van der Waals surface area contributed by atoms with Crippen LogP contribution in [-0.2, 0) is 4.74 Å². The lowest BCUT2D eigenvalue weighted by Gasteiger charge is -2.44. The van der Waals surface area contributed by atoms with Gasteiger partial charge >= 0.3 is 0 Å². The molecule has 2 N–H and O–H groups in total. The van der Waals surface area contributed by atoms with E-state index < -0.39 is 0 Å². The van der Waals surface area contributed by atoms with Crippen LogP contribution < -0.4 is 5.32 Å². The van der Waals surface area contributed by atoms with Gasteiger partial charge in [-0.15, -0.1) is 0 Å². The first-order valence-corrected chi connectivity index (χ1v) is 8.14. The lowest BCUT2D eigenvalue weighted by Crippen LogP contribution is -2.51. The van der Waals surface area contributed by atoms with Gasteiger partial charge in [0.1, 0.15) is 0 Å². The highest BCUT2D eigenvalue weighted by Crippen LogP contribution is 2.38. The molecule has 1 spiro atoms. The van der Waals surface area contributed by atoms with Crippen molar-refractivity contribution in [3.63, 3.8) is 0 Å². The molecule has 1 saturated carbocycles. The Morgan fingerprint density at radius 3 is 2.63 bits per heavy atom. The fraction of sp³-hybridized carbons (Fsp3) is 1.00. The van der Waals surface area contributed by atoms with E-state index in [4.69, 9.17) is 4.74 Å². The number of hydrogen-bond acceptors (Lipinski definition) is 3. The van der Waals surface area contributed by atoms with Crippen molar-refractivity contribution in [1.82, 2.24) is 5.32 Å². The summed E-state index contributed by atoms with van der Waals surface area (Å²) in [5.74, 6) is 0.633. The minimum absolute atomic E-state index is 0.159. The topological polar surface area (TPSA) is 41.5 Å². The van der Waals surface area contributed by atoms with Gasteiger partial charge in [-0.05, 0) is 38.0 Å². The number of rotatable bonds is 5. The van der Waals surface area contributed by atoms with E-state index in [1.54, 1.807) is 0 Å². The van der Waals surface area contributed by atoms with E-state index in [0.29, 0.717) is 12.0 Å². The molecule has 1 saturated heterocycles. The number of aliphatic hydroxyl groups excluding tert-OH is 1. The van der Waals surface area contributed by atoms with Crippen LogP contribution in [0, 0.1) is 5.92 Å². The minimum atomic E-state index is 0.159. The van der Waals surface area contributed by atoms with Crippen molar-refractivity contribution in [1.29, 1.82) is 0 Å². The number of ether oxygens (including phenoxy) is 1. The second-order valence-corrected chi connectivity index (χ2v) is 6.96. The summed E-state index contributed by atoms with van der Waals surface area (Å²) in [6.45, 7) is 5.58. The van der Waals surface area contributed by atoms with Crippen LogP contribution in [0.1, 0.15) is 65.2 Å². The molecule has 0 radical (unpaired) electrons. The fourth-order valence-corrected chi connectivity index (χ4v) is 3.81. The summed E-state index contributed by atoms with van der Waals surface area (Å²) >= 11 is 0. The molecule has 0 bridgehead atoms. The monoisotopic (exact) mass is 269 g/mol. The van der Waals surface area contributed by atoms with Crippen molar-refractivity contribution >= 4 is 0 Å². The summed E-state index contributed by atoms with van der Waals surface area (Å²) in [6.07, 6.45) is 9.78. The molecular formula is C16H31NO2. The van der Waals surface area contributed by atoms with Crippen LogP contribution >= 0.6 is 0 Å². The molecule has 3 nitrogen and oxygen atoms in total. The van der Waals surface area contributed by atoms with E-state index in [1.807, 2.05) is 0 Å². The minimum Gasteiger partial charge on any atom is -0.395 e. The molecule has 0 amide bonds. The first kappa shape index (κ1) is 15.3. The first-order chi connectivity index (χ1) is 9.13. The van der Waals surface area contributed by atoms with Gasteiger partial charge in [-0.25, -0.2) is 0 Å². The third-order valence-corrected chi connectivity index (χ3v) is 4.71. The van der Waals surface area contributed by atoms with E-state index in [-0.39, 0.29) is 18.2 Å². The molecule has 0 aromatic heterocycles. The van der Waals surface area contributed by atoms with Gasteiger partial charge in [0.2, 0.25) is 0 Å². The van der Waals surface area contributed by atoms with Gasteiger partial charge in [-0.2, -0.15) is 0 Å². The van der Waals surface area contributed by atoms with Crippen molar-refractivity contribution in [2.24, 2.45) is 5.92 Å². The Bertz CT molecular complexity index is 256. The second-order valence-electron chi connectivity index (χ2n) is 6.96. The molecule has 2 aliphatic rings. The molecule has 2 atom stereocenters. The maximum atomic E-state index is 9.51. The van der Waals surface area contributed by atoms with E-state index in [1.165, 1.54) is 32.1 Å². The van der Waals surface area contributed by atoms with Gasteiger partial charge in [0.15, 0.2) is 0 Å². The Kier molecular flexibility index (Phi) is 5.67. The van der Waals surface area contributed by atoms with Crippen LogP contribution in [0.25, 0.3) is 0 Å². The zero-order valence-electron chi connectivity index (χ0n) is 12.7. The highest BCUT2D eigenvalue weighted by molar-refractivity contribution is 4.93. The molecule has 2 unspecified atom stereocenters. The first-order valence-electron chi connectivity index (χ1n) is 8.14. The number of aliphatic hydroxyl groups is 1. The largest absolute Gasteiger partial charge is 0.395 e. The summed E-state index contributed by atoms with van der Waals surface area (Å²) in [6, 6.07) is 0.784. The standard InChI is InChI=1S/C16H31NO2/c1-13(2)10-15(12-18)17-14-6-9-19-16(11-14)7-4-3-5-8-16/h13-15,17-18H,3-12H2,1-2H3. The lowest BCUT2D eigenvalue weighted by molar-refractivity contribution is -0.110. The van der Waals surface area contributed by atoms with Gasteiger partial charge in [0.25, 0.3) is 0 Å². The Labute approximate surface area is 118 Å². The fourth-order valence-electron chi connectivity index (χ4n) is 3.81. The lowest BCUT2D eigenvalue weighted by atomic mass is 9.78. The molecule has 2 fully saturated rings. The SMILES string of the molecule is CC(C)CC(CO)NC1CCOC2(CCCCC2)C1. The molecule has 112 valence electrons. The highest BCUT2D eigenvalue weighted by Gasteiger charge is 2.38. The van der Waals surface area contributed by atoms with Crippen LogP contribution in [-0.4, -0.2) is 36.0 Å². The summed E-state index contributed by atoms with van der Waals surface area (Å²) in [5.41, 5.74) is 0.159. The predicted octanol–water partition coefficient (Wildman–Crippen LogP) is 2.86. The third-order valence-electron chi connectivity index (χ3n) is 4.71. The van der Waals surface area contributed by atoms with Gasteiger partial charge in [-0.3, -0.25) is 0 Å². The molecule has 2 rings (SSSR count). The summed E-state index contributed by atoms with van der Waals surface area (Å²) in [5, 5.41) is 13.2. The maximum Gasteiger partial charge on any atom is 0.0697 e. The Morgan fingerprint density at radius 2 is 2.00 bits per heavy atom. The van der Waals surface area contributed by atoms with Gasteiger partial charge in [0, 0.05) is 18.7 Å². The molecule has 19 heavy (non-hydrogen) atoms. The second kappa shape index (κ2) is 7.05. The number of nitrogens with one attached hydrogen (secondary N) is 1. The Morgan fingerprint density at radius 1 is 1.26 bits per heavy atom. The molecule has 3 heteroatoms. The van der Waals surface area contributed by atoms with Crippen LogP contribution in [0.4, 0.5) is 0 Å².